The summed E-state index contributed by atoms with van der Waals surface area (Å²) in [6.07, 6.45) is 0.659. The molecule has 0 aliphatic rings. The zero-order chi connectivity index (χ0) is 10.6. The first-order valence-corrected chi connectivity index (χ1v) is 7.12. The van der Waals surface area contributed by atoms with Gasteiger partial charge in [0.25, 0.3) is 0 Å². The summed E-state index contributed by atoms with van der Waals surface area (Å²) in [5.74, 6) is 0. The average Bonchev–Trinajstić information content (AvgIpc) is 2.61. The van der Waals surface area contributed by atoms with E-state index in [1.165, 1.54) is 5.69 Å². The van der Waals surface area contributed by atoms with Crippen LogP contribution in [0.25, 0.3) is 0 Å². The van der Waals surface area contributed by atoms with Gasteiger partial charge >= 0.3 is 8.80 Å². The highest BCUT2D eigenvalue weighted by molar-refractivity contribution is 7.07. The van der Waals surface area contributed by atoms with E-state index in [-0.39, 0.29) is 24.0 Å². The summed E-state index contributed by atoms with van der Waals surface area (Å²) in [7, 11) is 2.40. The molecule has 0 radical (unpaired) electrons. The van der Waals surface area contributed by atoms with Gasteiger partial charge in [0.1, 0.15) is 0 Å². The molecule has 0 unspecified atom stereocenters. The molecule has 0 atom stereocenters. The first-order chi connectivity index (χ1) is 6.67. The Morgan fingerprint density at radius 3 is 2.13 bits per heavy atom. The molecule has 0 bridgehead atoms. The highest BCUT2D eigenvalue weighted by Gasteiger charge is 2.44. The van der Waals surface area contributed by atoms with Gasteiger partial charge in [-0.2, -0.15) is 4.57 Å². The fourth-order valence-corrected chi connectivity index (χ4v) is 3.73. The van der Waals surface area contributed by atoms with Crippen molar-refractivity contribution in [3.8, 4) is 0 Å². The van der Waals surface area contributed by atoms with Crippen LogP contribution in [0.5, 0.6) is 0 Å². The SMILES string of the molecule is CO[Si](C[n+]1cscc1C)(OC)OC.[I-]. The van der Waals surface area contributed by atoms with Crippen LogP contribution in [0.15, 0.2) is 10.9 Å². The predicted octanol–water partition coefficient (Wildman–Crippen LogP) is -2.23. The number of thiazole rings is 1. The van der Waals surface area contributed by atoms with E-state index in [0.717, 1.165) is 0 Å². The molecule has 1 aromatic rings. The Bertz CT molecular complexity index is 285. The lowest BCUT2D eigenvalue weighted by Gasteiger charge is -2.20. The fraction of sp³-hybridized carbons (Fsp3) is 0.625. The van der Waals surface area contributed by atoms with Gasteiger partial charge in [-0.05, 0) is 0 Å². The van der Waals surface area contributed by atoms with Crippen molar-refractivity contribution in [2.24, 2.45) is 0 Å². The molecule has 0 aromatic carbocycles. The van der Waals surface area contributed by atoms with Gasteiger partial charge in [0.15, 0.2) is 5.69 Å². The summed E-state index contributed by atoms with van der Waals surface area (Å²) >= 11 is 1.66. The Kier molecular flexibility index (Phi) is 7.13. The highest BCUT2D eigenvalue weighted by Crippen LogP contribution is 2.07. The third kappa shape index (κ3) is 3.75. The molecule has 0 N–H and O–H groups in total. The number of hydrogen-bond donors (Lipinski definition) is 0. The molecule has 0 fully saturated rings. The smallest absolute Gasteiger partial charge is 0.569 e. The standard InChI is InChI=1S/C8H16NO3SSi.HI/c1-8-5-13-6-9(8)7-14(10-2,11-3)12-4;/h5-6H,7H2,1-4H3;1H/q+1;/p-1. The molecular formula is C8H16INO3SSi. The molecule has 0 aliphatic carbocycles. The Morgan fingerprint density at radius 2 is 1.80 bits per heavy atom. The molecule has 0 saturated heterocycles. The minimum absolute atomic E-state index is 0. The summed E-state index contributed by atoms with van der Waals surface area (Å²) in [4.78, 5) is 0. The zero-order valence-electron chi connectivity index (χ0n) is 9.32. The van der Waals surface area contributed by atoms with E-state index < -0.39 is 8.80 Å². The van der Waals surface area contributed by atoms with Crippen molar-refractivity contribution in [1.82, 2.24) is 0 Å². The van der Waals surface area contributed by atoms with Crippen molar-refractivity contribution >= 4 is 20.1 Å². The Hall–Kier alpha value is 0.457. The number of aryl methyl sites for hydroxylation is 1. The largest absolute Gasteiger partial charge is 1.00 e. The van der Waals surface area contributed by atoms with Gasteiger partial charge in [-0.15, -0.1) is 0 Å². The number of hydrogen-bond acceptors (Lipinski definition) is 4. The molecule has 0 aliphatic heterocycles. The fourth-order valence-electron chi connectivity index (χ4n) is 1.17. The van der Waals surface area contributed by atoms with Crippen LogP contribution in [0.2, 0.25) is 0 Å². The van der Waals surface area contributed by atoms with E-state index in [1.807, 2.05) is 5.51 Å². The molecule has 0 spiro atoms. The Labute approximate surface area is 113 Å². The van der Waals surface area contributed by atoms with Crippen molar-refractivity contribution in [3.05, 3.63) is 16.6 Å². The number of halogens is 1. The van der Waals surface area contributed by atoms with E-state index >= 15 is 0 Å². The lowest BCUT2D eigenvalue weighted by atomic mass is 10.6. The average molecular weight is 361 g/mol. The Balaban J connectivity index is 0.00000196. The normalized spacial score (nSPS) is 11.2. The van der Waals surface area contributed by atoms with Gasteiger partial charge in [-0.3, -0.25) is 0 Å². The van der Waals surface area contributed by atoms with Crippen molar-refractivity contribution in [2.45, 2.75) is 13.1 Å². The summed E-state index contributed by atoms with van der Waals surface area (Å²) in [5.41, 5.74) is 3.23. The lowest BCUT2D eigenvalue weighted by Crippen LogP contribution is -3.00. The predicted molar refractivity (Wildman–Crippen MR) is 56.0 cm³/mol. The molecule has 1 aromatic heterocycles. The molecule has 1 heterocycles. The molecule has 88 valence electrons. The minimum atomic E-state index is -2.48. The molecule has 1 rings (SSSR count). The number of nitrogens with zero attached hydrogens (tertiary/aromatic N) is 1. The molecule has 15 heavy (non-hydrogen) atoms. The topological polar surface area (TPSA) is 31.6 Å². The van der Waals surface area contributed by atoms with E-state index in [9.17, 15) is 0 Å². The van der Waals surface area contributed by atoms with Crippen LogP contribution in [0, 0.1) is 6.92 Å². The van der Waals surface area contributed by atoms with Crippen molar-refractivity contribution in [3.63, 3.8) is 0 Å². The molecular weight excluding hydrogens is 345 g/mol. The van der Waals surface area contributed by atoms with Gasteiger partial charge in [0.05, 0.1) is 5.38 Å². The summed E-state index contributed by atoms with van der Waals surface area (Å²) in [6.45, 7) is 2.05. The van der Waals surface area contributed by atoms with Crippen LogP contribution in [0.3, 0.4) is 0 Å². The zero-order valence-corrected chi connectivity index (χ0v) is 13.3. The van der Waals surface area contributed by atoms with Crippen LogP contribution < -0.4 is 28.5 Å². The van der Waals surface area contributed by atoms with E-state index in [0.29, 0.717) is 6.17 Å². The second-order valence-corrected chi connectivity index (χ2v) is 6.55. The first-order valence-electron chi connectivity index (χ1n) is 4.25. The quantitative estimate of drug-likeness (QED) is 0.338. The first kappa shape index (κ1) is 15.5. The summed E-state index contributed by atoms with van der Waals surface area (Å²) in [6, 6.07) is 0. The van der Waals surface area contributed by atoms with Crippen molar-refractivity contribution < 1.29 is 41.8 Å². The van der Waals surface area contributed by atoms with Crippen LogP contribution in [-0.2, 0) is 19.4 Å². The van der Waals surface area contributed by atoms with Gasteiger partial charge in [0.2, 0.25) is 11.7 Å². The second-order valence-electron chi connectivity index (χ2n) is 2.92. The molecule has 7 heteroatoms. The second kappa shape index (κ2) is 6.92. The minimum Gasteiger partial charge on any atom is -1.00 e. The van der Waals surface area contributed by atoms with Crippen molar-refractivity contribution in [2.75, 3.05) is 21.3 Å². The van der Waals surface area contributed by atoms with E-state index in [4.69, 9.17) is 13.3 Å². The van der Waals surface area contributed by atoms with Crippen LogP contribution in [0.4, 0.5) is 0 Å². The molecule has 0 saturated carbocycles. The van der Waals surface area contributed by atoms with Crippen LogP contribution >= 0.6 is 11.3 Å². The Morgan fingerprint density at radius 1 is 1.27 bits per heavy atom. The van der Waals surface area contributed by atoms with Crippen LogP contribution in [-0.4, -0.2) is 30.1 Å². The molecule has 0 amide bonds. The third-order valence-electron chi connectivity index (χ3n) is 2.18. The maximum Gasteiger partial charge on any atom is 0.569 e. The highest BCUT2D eigenvalue weighted by atomic mass is 127. The van der Waals surface area contributed by atoms with Gasteiger partial charge < -0.3 is 37.3 Å². The lowest BCUT2D eigenvalue weighted by molar-refractivity contribution is -0.686. The van der Waals surface area contributed by atoms with E-state index in [1.54, 1.807) is 32.7 Å². The number of aromatic nitrogens is 1. The number of rotatable bonds is 5. The molecule has 4 nitrogen and oxygen atoms in total. The van der Waals surface area contributed by atoms with Gasteiger partial charge in [-0.1, -0.05) is 11.3 Å². The monoisotopic (exact) mass is 361 g/mol. The van der Waals surface area contributed by atoms with Gasteiger partial charge in [0, 0.05) is 28.3 Å². The maximum atomic E-state index is 5.34. The van der Waals surface area contributed by atoms with Gasteiger partial charge in [-0.25, -0.2) is 0 Å². The summed E-state index contributed by atoms with van der Waals surface area (Å²) < 4.78 is 18.1. The third-order valence-corrected chi connectivity index (χ3v) is 5.62. The summed E-state index contributed by atoms with van der Waals surface area (Å²) in [5, 5.41) is 2.08. The van der Waals surface area contributed by atoms with Crippen molar-refractivity contribution in [1.29, 1.82) is 0 Å². The van der Waals surface area contributed by atoms with Crippen LogP contribution in [0.1, 0.15) is 5.69 Å². The maximum absolute atomic E-state index is 5.34. The van der Waals surface area contributed by atoms with E-state index in [2.05, 4.69) is 16.9 Å².